The summed E-state index contributed by atoms with van der Waals surface area (Å²) in [5.74, 6) is -0.141. The molecule has 0 bridgehead atoms. The van der Waals surface area contributed by atoms with E-state index in [1.807, 2.05) is 0 Å². The topological polar surface area (TPSA) is 63.6 Å². The Balaban J connectivity index is 0.00000225. The van der Waals surface area contributed by atoms with Gasteiger partial charge in [-0.3, -0.25) is 4.55 Å². The molecule has 0 aromatic carbocycles. The van der Waals surface area contributed by atoms with Crippen molar-refractivity contribution in [3.05, 3.63) is 0 Å². The van der Waals surface area contributed by atoms with Crippen LogP contribution in [0.1, 0.15) is 104 Å². The minimum atomic E-state index is -3.83. The first-order chi connectivity index (χ1) is 13.5. The van der Waals surface area contributed by atoms with E-state index in [1.165, 1.54) is 89.9 Å². The van der Waals surface area contributed by atoms with Crippen LogP contribution >= 0.6 is 7.92 Å². The number of hydrogen-bond acceptors (Lipinski definition) is 3. The molecule has 4 nitrogen and oxygen atoms in total. The Morgan fingerprint density at radius 3 is 1.90 bits per heavy atom. The summed E-state index contributed by atoms with van der Waals surface area (Å²) in [4.78, 5) is 0. The van der Waals surface area contributed by atoms with Crippen molar-refractivity contribution in [2.45, 2.75) is 126 Å². The monoisotopic (exact) mass is 456 g/mol. The Hall–Kier alpha value is 1.30. The van der Waals surface area contributed by atoms with Crippen molar-refractivity contribution >= 4 is 18.0 Å². The quantitative estimate of drug-likeness (QED) is 0.250. The molecule has 0 radical (unpaired) electrons. The van der Waals surface area contributed by atoms with Gasteiger partial charge in [-0.25, -0.2) is 0 Å². The average molecular weight is 457 g/mol. The predicted octanol–water partition coefficient (Wildman–Crippen LogP) is 3.25. The van der Waals surface area contributed by atoms with Gasteiger partial charge in [0.1, 0.15) is 0 Å². The molecule has 3 saturated carbocycles. The van der Waals surface area contributed by atoms with Gasteiger partial charge in [-0.15, -0.1) is 0 Å². The third kappa shape index (κ3) is 9.36. The first kappa shape index (κ1) is 26.6. The molecule has 0 aromatic rings. The van der Waals surface area contributed by atoms with Gasteiger partial charge >= 0.3 is 29.6 Å². The zero-order valence-corrected chi connectivity index (χ0v) is 22.3. The van der Waals surface area contributed by atoms with Crippen LogP contribution in [0.4, 0.5) is 0 Å². The molecule has 7 heteroatoms. The first-order valence-electron chi connectivity index (χ1n) is 11.9. The minimum absolute atomic E-state index is 0. The molecule has 2 atom stereocenters. The van der Waals surface area contributed by atoms with Gasteiger partial charge < -0.3 is 6.16 Å². The summed E-state index contributed by atoms with van der Waals surface area (Å²) in [6.07, 6.45) is 21.4. The molecular formula is C22H42NaO4PS. The summed E-state index contributed by atoms with van der Waals surface area (Å²) in [6, 6.07) is 0. The SMILES string of the molecule is O=S(=O)(O)CCCCOC1CCCC(P(C2CCCCC2)C2CCCCC2)C1.[H-].[Na+]. The molecule has 29 heavy (non-hydrogen) atoms. The van der Waals surface area contributed by atoms with Gasteiger partial charge in [0.15, 0.2) is 0 Å². The van der Waals surface area contributed by atoms with Gasteiger partial charge in [0, 0.05) is 6.61 Å². The van der Waals surface area contributed by atoms with E-state index in [4.69, 9.17) is 9.29 Å². The van der Waals surface area contributed by atoms with Crippen LogP contribution in [-0.2, 0) is 14.9 Å². The Morgan fingerprint density at radius 2 is 1.34 bits per heavy atom. The molecule has 3 aliphatic carbocycles. The van der Waals surface area contributed by atoms with E-state index in [-0.39, 0.29) is 44.7 Å². The molecule has 0 heterocycles. The van der Waals surface area contributed by atoms with Crippen molar-refractivity contribution in [1.82, 2.24) is 0 Å². The smallest absolute Gasteiger partial charge is 1.00 e. The fraction of sp³-hybridized carbons (Fsp3) is 1.00. The molecule has 3 aliphatic rings. The Kier molecular flexibility index (Phi) is 12.6. The van der Waals surface area contributed by atoms with Crippen LogP contribution in [0, 0.1) is 0 Å². The van der Waals surface area contributed by atoms with Crippen molar-refractivity contribution in [2.75, 3.05) is 12.4 Å². The summed E-state index contributed by atoms with van der Waals surface area (Å²) in [5, 5.41) is 0. The van der Waals surface area contributed by atoms with Crippen molar-refractivity contribution in [3.63, 3.8) is 0 Å². The summed E-state index contributed by atoms with van der Waals surface area (Å²) in [6.45, 7) is 0.637. The molecule has 166 valence electrons. The third-order valence-corrected chi connectivity index (χ3v) is 12.0. The van der Waals surface area contributed by atoms with Gasteiger partial charge in [0.05, 0.1) is 11.9 Å². The van der Waals surface area contributed by atoms with Crippen LogP contribution in [0.5, 0.6) is 0 Å². The maximum absolute atomic E-state index is 10.8. The Bertz CT molecular complexity index is 535. The van der Waals surface area contributed by atoms with E-state index in [1.54, 1.807) is 0 Å². The maximum atomic E-state index is 10.8. The molecule has 0 spiro atoms. The second kappa shape index (κ2) is 13.8. The van der Waals surface area contributed by atoms with Crippen LogP contribution in [-0.4, -0.2) is 48.4 Å². The molecule has 1 N–H and O–H groups in total. The van der Waals surface area contributed by atoms with Crippen LogP contribution in [0.2, 0.25) is 0 Å². The Labute approximate surface area is 204 Å². The van der Waals surface area contributed by atoms with Crippen LogP contribution in [0.3, 0.4) is 0 Å². The fourth-order valence-corrected chi connectivity index (χ4v) is 11.1. The Morgan fingerprint density at radius 1 is 0.793 bits per heavy atom. The van der Waals surface area contributed by atoms with Crippen LogP contribution in [0.15, 0.2) is 0 Å². The predicted molar refractivity (Wildman–Crippen MR) is 119 cm³/mol. The average Bonchev–Trinajstić information content (AvgIpc) is 2.69. The molecule has 3 rings (SSSR count). The largest absolute Gasteiger partial charge is 1.00 e. The van der Waals surface area contributed by atoms with E-state index in [0.717, 1.165) is 23.4 Å². The maximum Gasteiger partial charge on any atom is 1.00 e. The molecular weight excluding hydrogens is 414 g/mol. The number of ether oxygens (including phenoxy) is 1. The minimum Gasteiger partial charge on any atom is -1.00 e. The van der Waals surface area contributed by atoms with Gasteiger partial charge in [0.2, 0.25) is 0 Å². The van der Waals surface area contributed by atoms with Crippen molar-refractivity contribution < 1.29 is 48.7 Å². The van der Waals surface area contributed by atoms with E-state index < -0.39 is 10.1 Å². The second-order valence-electron chi connectivity index (χ2n) is 9.34. The van der Waals surface area contributed by atoms with Crippen molar-refractivity contribution in [3.8, 4) is 0 Å². The number of rotatable bonds is 9. The molecule has 0 aromatic heterocycles. The van der Waals surface area contributed by atoms with Crippen LogP contribution < -0.4 is 29.6 Å². The van der Waals surface area contributed by atoms with Gasteiger partial charge in [0.25, 0.3) is 10.1 Å². The van der Waals surface area contributed by atoms with E-state index in [9.17, 15) is 8.42 Å². The third-order valence-electron chi connectivity index (χ3n) is 7.16. The van der Waals surface area contributed by atoms with Gasteiger partial charge in [-0.1, -0.05) is 52.9 Å². The second-order valence-corrected chi connectivity index (χ2v) is 14.0. The normalized spacial score (nSPS) is 27.7. The first-order valence-corrected chi connectivity index (χ1v) is 15.0. The van der Waals surface area contributed by atoms with E-state index in [0.29, 0.717) is 19.1 Å². The van der Waals surface area contributed by atoms with Gasteiger partial charge in [-0.05, 0) is 74.8 Å². The summed E-state index contributed by atoms with van der Waals surface area (Å²) in [7, 11) is -3.70. The van der Waals surface area contributed by atoms with Crippen molar-refractivity contribution in [2.24, 2.45) is 0 Å². The molecule has 3 fully saturated rings. The number of hydrogen-bond donors (Lipinski definition) is 1. The van der Waals surface area contributed by atoms with E-state index in [2.05, 4.69) is 0 Å². The zero-order chi connectivity index (χ0) is 19.8. The zero-order valence-electron chi connectivity index (χ0n) is 19.6. The summed E-state index contributed by atoms with van der Waals surface area (Å²) >= 11 is 0. The van der Waals surface area contributed by atoms with E-state index >= 15 is 0 Å². The number of unbranched alkanes of at least 4 members (excludes halogenated alkanes) is 1. The standard InChI is InChI=1S/C22H41O4PS.Na.H/c23-28(24,25)17-8-7-16-26-19-10-9-15-22(18-19)27(20-11-3-1-4-12-20)21-13-5-2-6-14-21;;/h19-22H,1-18H2,(H,23,24,25);;/q;+1;-1. The summed E-state index contributed by atoms with van der Waals surface area (Å²) in [5.41, 5.74) is 2.94. The fourth-order valence-electron chi connectivity index (χ4n) is 5.83. The van der Waals surface area contributed by atoms with Crippen LogP contribution in [0.25, 0.3) is 0 Å². The summed E-state index contributed by atoms with van der Waals surface area (Å²) < 4.78 is 36.7. The molecule has 0 amide bonds. The molecule has 0 saturated heterocycles. The van der Waals surface area contributed by atoms with Crippen molar-refractivity contribution in [1.29, 1.82) is 0 Å². The molecule has 0 aliphatic heterocycles. The van der Waals surface area contributed by atoms with Gasteiger partial charge in [-0.2, -0.15) is 8.42 Å². The molecule has 2 unspecified atom stereocenters.